The summed E-state index contributed by atoms with van der Waals surface area (Å²) in [5.41, 5.74) is 0. The van der Waals surface area contributed by atoms with Crippen molar-refractivity contribution in [1.29, 1.82) is 0 Å². The van der Waals surface area contributed by atoms with Crippen LogP contribution in [0.3, 0.4) is 0 Å². The van der Waals surface area contributed by atoms with Gasteiger partial charge in [0, 0.05) is 39.6 Å². The smallest absolute Gasteiger partial charge is 0.278 e. The average molecular weight is 231 g/mol. The van der Waals surface area contributed by atoms with Crippen LogP contribution in [-0.2, 0) is 16.8 Å². The molecule has 1 rings (SSSR count). The molecule has 1 aromatic heterocycles. The van der Waals surface area contributed by atoms with Crippen molar-refractivity contribution in [1.82, 2.24) is 13.6 Å². The minimum atomic E-state index is -3.27. The first-order valence-electron chi connectivity index (χ1n) is 4.80. The van der Waals surface area contributed by atoms with Gasteiger partial charge in [0.05, 0.1) is 0 Å². The molecule has 1 heterocycles. The Morgan fingerprint density at radius 3 is 2.40 bits per heavy atom. The normalized spacial score (nSPS) is 12.2. The molecule has 0 atom stereocenters. The predicted octanol–water partition coefficient (Wildman–Crippen LogP) is 0.274. The molecular formula is C9H17N3O2S. The Bertz CT molecular complexity index is 370. The molecular weight excluding hydrogens is 214 g/mol. The van der Waals surface area contributed by atoms with E-state index in [0.29, 0.717) is 6.54 Å². The quantitative estimate of drug-likeness (QED) is 0.715. The summed E-state index contributed by atoms with van der Waals surface area (Å²) in [6.07, 6.45) is 4.70. The van der Waals surface area contributed by atoms with Crippen LogP contribution in [-0.4, -0.2) is 37.9 Å². The Morgan fingerprint density at radius 2 is 1.87 bits per heavy atom. The molecule has 86 valence electrons. The maximum absolute atomic E-state index is 11.3. The van der Waals surface area contributed by atoms with E-state index in [9.17, 15) is 8.42 Å². The monoisotopic (exact) mass is 231 g/mol. The van der Waals surface area contributed by atoms with Gasteiger partial charge >= 0.3 is 0 Å². The van der Waals surface area contributed by atoms with Crippen LogP contribution in [0.4, 0.5) is 0 Å². The molecule has 0 saturated heterocycles. The maximum atomic E-state index is 11.3. The fourth-order valence-electron chi connectivity index (χ4n) is 1.11. The zero-order chi connectivity index (χ0) is 11.3. The minimum absolute atomic E-state index is 0.457. The van der Waals surface area contributed by atoms with Gasteiger partial charge in [-0.05, 0) is 18.6 Å². The van der Waals surface area contributed by atoms with E-state index >= 15 is 0 Å². The third-order valence-corrected chi connectivity index (χ3v) is 3.55. The van der Waals surface area contributed by atoms with Gasteiger partial charge in [-0.3, -0.25) is 0 Å². The number of aromatic nitrogens is 1. The first kappa shape index (κ1) is 12.2. The van der Waals surface area contributed by atoms with Crippen LogP contribution in [0.1, 0.15) is 6.42 Å². The van der Waals surface area contributed by atoms with Crippen molar-refractivity contribution < 1.29 is 8.42 Å². The van der Waals surface area contributed by atoms with Crippen molar-refractivity contribution in [3.8, 4) is 0 Å². The van der Waals surface area contributed by atoms with Gasteiger partial charge in [0.25, 0.3) is 10.2 Å². The molecule has 0 radical (unpaired) electrons. The highest BCUT2D eigenvalue weighted by Crippen LogP contribution is 1.94. The second-order valence-electron chi connectivity index (χ2n) is 3.46. The summed E-state index contributed by atoms with van der Waals surface area (Å²) in [6, 6.07) is 3.90. The van der Waals surface area contributed by atoms with Gasteiger partial charge in [-0.25, -0.2) is 4.72 Å². The maximum Gasteiger partial charge on any atom is 0.278 e. The van der Waals surface area contributed by atoms with Crippen LogP contribution in [0, 0.1) is 0 Å². The third-order valence-electron chi connectivity index (χ3n) is 2.02. The van der Waals surface area contributed by atoms with E-state index in [-0.39, 0.29) is 0 Å². The molecule has 0 aliphatic carbocycles. The van der Waals surface area contributed by atoms with Crippen LogP contribution in [0.15, 0.2) is 24.5 Å². The molecule has 0 spiro atoms. The van der Waals surface area contributed by atoms with Crippen molar-refractivity contribution >= 4 is 10.2 Å². The van der Waals surface area contributed by atoms with Crippen LogP contribution in [0.25, 0.3) is 0 Å². The van der Waals surface area contributed by atoms with Crippen LogP contribution in [0.5, 0.6) is 0 Å². The summed E-state index contributed by atoms with van der Waals surface area (Å²) < 4.78 is 28.3. The van der Waals surface area contributed by atoms with Crippen LogP contribution < -0.4 is 4.72 Å². The number of nitrogens with one attached hydrogen (secondary N) is 1. The molecule has 0 aromatic carbocycles. The highest BCUT2D eigenvalue weighted by Gasteiger charge is 2.10. The largest absolute Gasteiger partial charge is 0.354 e. The Kier molecular flexibility index (Phi) is 4.31. The first-order valence-corrected chi connectivity index (χ1v) is 6.24. The van der Waals surface area contributed by atoms with Crippen molar-refractivity contribution in [2.75, 3.05) is 20.6 Å². The lowest BCUT2D eigenvalue weighted by atomic mass is 10.4. The summed E-state index contributed by atoms with van der Waals surface area (Å²) in [7, 11) is -0.249. The number of nitrogens with zero attached hydrogens (tertiary/aromatic N) is 2. The number of hydrogen-bond acceptors (Lipinski definition) is 2. The van der Waals surface area contributed by atoms with Gasteiger partial charge in [-0.15, -0.1) is 0 Å². The van der Waals surface area contributed by atoms with Crippen LogP contribution >= 0.6 is 0 Å². The Morgan fingerprint density at radius 1 is 1.27 bits per heavy atom. The first-order chi connectivity index (χ1) is 7.02. The fourth-order valence-corrected chi connectivity index (χ4v) is 1.77. The van der Waals surface area contributed by atoms with Crippen molar-refractivity contribution in [3.63, 3.8) is 0 Å². The molecule has 1 N–H and O–H groups in total. The van der Waals surface area contributed by atoms with Gasteiger partial charge in [-0.1, -0.05) is 0 Å². The third kappa shape index (κ3) is 4.03. The van der Waals surface area contributed by atoms with Crippen molar-refractivity contribution in [3.05, 3.63) is 24.5 Å². The number of rotatable bonds is 6. The summed E-state index contributed by atoms with van der Waals surface area (Å²) in [4.78, 5) is 0. The van der Waals surface area contributed by atoms with E-state index in [1.165, 1.54) is 18.4 Å². The highest BCUT2D eigenvalue weighted by molar-refractivity contribution is 7.87. The lowest BCUT2D eigenvalue weighted by Gasteiger charge is -2.12. The van der Waals surface area contributed by atoms with E-state index in [1.54, 1.807) is 0 Å². The van der Waals surface area contributed by atoms with E-state index in [1.807, 2.05) is 29.1 Å². The average Bonchev–Trinajstić information content (AvgIpc) is 2.64. The highest BCUT2D eigenvalue weighted by atomic mass is 32.2. The zero-order valence-corrected chi connectivity index (χ0v) is 9.87. The predicted molar refractivity (Wildman–Crippen MR) is 59.7 cm³/mol. The Balaban J connectivity index is 2.23. The topological polar surface area (TPSA) is 54.3 Å². The summed E-state index contributed by atoms with van der Waals surface area (Å²) in [6.45, 7) is 1.28. The molecule has 6 heteroatoms. The van der Waals surface area contributed by atoms with Gasteiger partial charge < -0.3 is 4.57 Å². The molecule has 15 heavy (non-hydrogen) atoms. The zero-order valence-electron chi connectivity index (χ0n) is 9.05. The van der Waals surface area contributed by atoms with E-state index in [4.69, 9.17) is 0 Å². The Labute approximate surface area is 90.9 Å². The standard InChI is InChI=1S/C9H17N3O2S/c1-11(2)15(13,14)10-6-5-9-12-7-3-4-8-12/h3-4,7-8,10H,5-6,9H2,1-2H3. The SMILES string of the molecule is CN(C)S(=O)(=O)NCCCn1cccc1. The van der Waals surface area contributed by atoms with Crippen molar-refractivity contribution in [2.24, 2.45) is 0 Å². The Hall–Kier alpha value is -0.850. The molecule has 0 saturated carbocycles. The second kappa shape index (κ2) is 5.29. The summed E-state index contributed by atoms with van der Waals surface area (Å²) >= 11 is 0. The minimum Gasteiger partial charge on any atom is -0.354 e. The molecule has 0 bridgehead atoms. The molecule has 1 aromatic rings. The lowest BCUT2D eigenvalue weighted by molar-refractivity contribution is 0.501. The molecule has 0 fully saturated rings. The summed E-state index contributed by atoms with van der Waals surface area (Å²) in [5, 5.41) is 0. The van der Waals surface area contributed by atoms with E-state index in [0.717, 1.165) is 13.0 Å². The molecule has 0 aliphatic heterocycles. The number of aryl methyl sites for hydroxylation is 1. The van der Waals surface area contributed by atoms with Gasteiger partial charge in [-0.2, -0.15) is 12.7 Å². The van der Waals surface area contributed by atoms with Gasteiger partial charge in [0.1, 0.15) is 0 Å². The summed E-state index contributed by atoms with van der Waals surface area (Å²) in [5.74, 6) is 0. The van der Waals surface area contributed by atoms with Crippen LogP contribution in [0.2, 0.25) is 0 Å². The molecule has 0 unspecified atom stereocenters. The lowest BCUT2D eigenvalue weighted by Crippen LogP contribution is -2.36. The molecule has 0 amide bonds. The van der Waals surface area contributed by atoms with Gasteiger partial charge in [0.15, 0.2) is 0 Å². The molecule has 0 aliphatic rings. The molecule has 5 nitrogen and oxygen atoms in total. The fraction of sp³-hybridized carbons (Fsp3) is 0.556. The number of hydrogen-bond donors (Lipinski definition) is 1. The second-order valence-corrected chi connectivity index (χ2v) is 5.43. The van der Waals surface area contributed by atoms with E-state index in [2.05, 4.69) is 4.72 Å². The van der Waals surface area contributed by atoms with E-state index < -0.39 is 10.2 Å². The van der Waals surface area contributed by atoms with Crippen molar-refractivity contribution in [2.45, 2.75) is 13.0 Å². The van der Waals surface area contributed by atoms with Gasteiger partial charge in [0.2, 0.25) is 0 Å².